The van der Waals surface area contributed by atoms with E-state index in [9.17, 15) is 14.7 Å². The molecule has 0 aromatic heterocycles. The van der Waals surface area contributed by atoms with Crippen LogP contribution in [-0.2, 0) is 9.59 Å². The molecule has 2 aliphatic rings. The lowest BCUT2D eigenvalue weighted by Gasteiger charge is -2.35. The van der Waals surface area contributed by atoms with E-state index in [-0.39, 0.29) is 17.4 Å². The predicted molar refractivity (Wildman–Crippen MR) is 140 cm³/mol. The van der Waals surface area contributed by atoms with Crippen LogP contribution in [-0.4, -0.2) is 41.0 Å². The molecule has 0 bridgehead atoms. The van der Waals surface area contributed by atoms with Crippen molar-refractivity contribution in [1.82, 2.24) is 4.90 Å². The van der Waals surface area contributed by atoms with Crippen molar-refractivity contribution in [2.45, 2.75) is 77.3 Å². The van der Waals surface area contributed by atoms with Crippen LogP contribution in [0.3, 0.4) is 0 Å². The third-order valence-electron chi connectivity index (χ3n) is 7.10. The Morgan fingerprint density at radius 1 is 0.889 bits per heavy atom. The molecular formula is C30H37NO5. The van der Waals surface area contributed by atoms with Crippen molar-refractivity contribution in [3.63, 3.8) is 0 Å². The van der Waals surface area contributed by atoms with Gasteiger partial charge in [0.1, 0.15) is 17.3 Å². The maximum atomic E-state index is 13.3. The number of carbonyl (C=O) groups is 2. The molecule has 1 heterocycles. The summed E-state index contributed by atoms with van der Waals surface area (Å²) >= 11 is 0. The lowest BCUT2D eigenvalue weighted by atomic mass is 9.91. The summed E-state index contributed by atoms with van der Waals surface area (Å²) in [5, 5.41) is 11.3. The Morgan fingerprint density at radius 2 is 1.53 bits per heavy atom. The molecule has 192 valence electrons. The standard InChI is InChI=1S/C30H37NO5/c1-3-5-9-20-36-25-18-14-22(15-19-25)28(32)26-27(21-12-16-24(17-13-21)35-4-2)31(30(34)29(26)33)23-10-7-6-8-11-23/h12-19,23,27,32H,3-11,20H2,1-2H3/b28-26-. The van der Waals surface area contributed by atoms with Crippen molar-refractivity contribution >= 4 is 17.4 Å². The Labute approximate surface area is 213 Å². The van der Waals surface area contributed by atoms with Crippen LogP contribution in [0.4, 0.5) is 0 Å². The normalized spacial score (nSPS) is 20.1. The molecule has 4 rings (SSSR count). The highest BCUT2D eigenvalue weighted by Gasteiger charge is 2.48. The van der Waals surface area contributed by atoms with Crippen molar-refractivity contribution < 1.29 is 24.2 Å². The van der Waals surface area contributed by atoms with Gasteiger partial charge in [0.05, 0.1) is 24.8 Å². The fourth-order valence-corrected chi connectivity index (χ4v) is 5.23. The van der Waals surface area contributed by atoms with Gasteiger partial charge >= 0.3 is 0 Å². The fraction of sp³-hybridized carbons (Fsp3) is 0.467. The second kappa shape index (κ2) is 12.1. The second-order valence-corrected chi connectivity index (χ2v) is 9.58. The lowest BCUT2D eigenvalue weighted by Crippen LogP contribution is -2.40. The molecule has 1 saturated carbocycles. The van der Waals surface area contributed by atoms with Gasteiger partial charge in [0.15, 0.2) is 0 Å². The van der Waals surface area contributed by atoms with Crippen molar-refractivity contribution in [2.75, 3.05) is 13.2 Å². The van der Waals surface area contributed by atoms with Gasteiger partial charge in [-0.15, -0.1) is 0 Å². The molecule has 6 heteroatoms. The van der Waals surface area contributed by atoms with Crippen LogP contribution in [0.5, 0.6) is 11.5 Å². The molecule has 1 N–H and O–H groups in total. The van der Waals surface area contributed by atoms with Gasteiger partial charge in [-0.1, -0.05) is 51.2 Å². The number of Topliss-reactive ketones (excluding diaryl/α,β-unsaturated/α-hetero) is 1. The van der Waals surface area contributed by atoms with Crippen LogP contribution in [0.1, 0.15) is 82.4 Å². The Kier molecular flexibility index (Phi) is 8.68. The van der Waals surface area contributed by atoms with Gasteiger partial charge in [0, 0.05) is 11.6 Å². The van der Waals surface area contributed by atoms with Crippen molar-refractivity contribution in [3.05, 3.63) is 65.2 Å². The number of aliphatic hydroxyl groups is 1. The van der Waals surface area contributed by atoms with E-state index in [1.807, 2.05) is 31.2 Å². The van der Waals surface area contributed by atoms with Crippen LogP contribution < -0.4 is 9.47 Å². The minimum absolute atomic E-state index is 0.0176. The maximum Gasteiger partial charge on any atom is 0.295 e. The van der Waals surface area contributed by atoms with Gasteiger partial charge in [-0.25, -0.2) is 0 Å². The number of likely N-dealkylation sites (tertiary alicyclic amines) is 1. The number of hydrogen-bond donors (Lipinski definition) is 1. The van der Waals surface area contributed by atoms with E-state index < -0.39 is 17.7 Å². The Balaban J connectivity index is 1.69. The zero-order chi connectivity index (χ0) is 25.5. The van der Waals surface area contributed by atoms with E-state index in [1.54, 1.807) is 29.2 Å². The molecule has 6 nitrogen and oxygen atoms in total. The summed E-state index contributed by atoms with van der Waals surface area (Å²) in [5.41, 5.74) is 1.43. The number of ether oxygens (including phenoxy) is 2. The summed E-state index contributed by atoms with van der Waals surface area (Å²) in [4.78, 5) is 28.4. The molecule has 2 aromatic carbocycles. The Morgan fingerprint density at radius 3 is 2.17 bits per heavy atom. The van der Waals surface area contributed by atoms with Crippen molar-refractivity contribution in [3.8, 4) is 11.5 Å². The molecule has 1 saturated heterocycles. The van der Waals surface area contributed by atoms with Crippen LogP contribution in [0.15, 0.2) is 54.1 Å². The molecular weight excluding hydrogens is 454 g/mol. The first-order chi connectivity index (χ1) is 17.5. The minimum atomic E-state index is -0.631. The second-order valence-electron chi connectivity index (χ2n) is 9.58. The zero-order valence-electron chi connectivity index (χ0n) is 21.4. The van der Waals surface area contributed by atoms with Gasteiger partial charge < -0.3 is 19.5 Å². The monoisotopic (exact) mass is 491 g/mol. The number of amides is 1. The van der Waals surface area contributed by atoms with E-state index >= 15 is 0 Å². The molecule has 2 aromatic rings. The maximum absolute atomic E-state index is 13.3. The van der Waals surface area contributed by atoms with Gasteiger partial charge in [-0.2, -0.15) is 0 Å². The summed E-state index contributed by atoms with van der Waals surface area (Å²) in [7, 11) is 0. The highest BCUT2D eigenvalue weighted by Crippen LogP contribution is 2.43. The molecule has 1 aliphatic heterocycles. The van der Waals surface area contributed by atoms with Crippen LogP contribution >= 0.6 is 0 Å². The topological polar surface area (TPSA) is 76.1 Å². The SMILES string of the molecule is CCCCCOc1ccc(/C(O)=C2/C(=O)C(=O)N(C3CCCCC3)C2c2ccc(OCC)cc2)cc1. The van der Waals surface area contributed by atoms with Gasteiger partial charge in [0.25, 0.3) is 11.7 Å². The van der Waals surface area contributed by atoms with Crippen LogP contribution in [0, 0.1) is 0 Å². The molecule has 1 unspecified atom stereocenters. The van der Waals surface area contributed by atoms with E-state index in [0.717, 1.165) is 62.7 Å². The minimum Gasteiger partial charge on any atom is -0.507 e. The Bertz CT molecular complexity index is 1070. The summed E-state index contributed by atoms with van der Waals surface area (Å²) in [6.45, 7) is 5.27. The molecule has 0 radical (unpaired) electrons. The predicted octanol–water partition coefficient (Wildman–Crippen LogP) is 6.41. The number of ketones is 1. The van der Waals surface area contributed by atoms with E-state index in [4.69, 9.17) is 9.47 Å². The summed E-state index contributed by atoms with van der Waals surface area (Å²) in [6.07, 6.45) is 8.17. The third kappa shape index (κ3) is 5.58. The molecule has 0 spiro atoms. The summed E-state index contributed by atoms with van der Waals surface area (Å²) in [6, 6.07) is 13.9. The van der Waals surface area contributed by atoms with Gasteiger partial charge in [0.2, 0.25) is 0 Å². The van der Waals surface area contributed by atoms with E-state index in [2.05, 4.69) is 6.92 Å². The molecule has 2 fully saturated rings. The number of hydrogen-bond acceptors (Lipinski definition) is 5. The average molecular weight is 492 g/mol. The van der Waals surface area contributed by atoms with Crippen LogP contribution in [0.2, 0.25) is 0 Å². The largest absolute Gasteiger partial charge is 0.507 e. The lowest BCUT2D eigenvalue weighted by molar-refractivity contribution is -0.141. The van der Waals surface area contributed by atoms with E-state index in [1.165, 1.54) is 0 Å². The number of nitrogens with zero attached hydrogens (tertiary/aromatic N) is 1. The van der Waals surface area contributed by atoms with Crippen LogP contribution in [0.25, 0.3) is 5.76 Å². The quantitative estimate of drug-likeness (QED) is 0.180. The summed E-state index contributed by atoms with van der Waals surface area (Å²) < 4.78 is 11.4. The Hall–Kier alpha value is -3.28. The van der Waals surface area contributed by atoms with Crippen molar-refractivity contribution in [1.29, 1.82) is 0 Å². The highest BCUT2D eigenvalue weighted by atomic mass is 16.5. The molecule has 1 aliphatic carbocycles. The molecule has 1 amide bonds. The number of rotatable bonds is 10. The van der Waals surface area contributed by atoms with Gasteiger partial charge in [-0.3, -0.25) is 9.59 Å². The number of carbonyl (C=O) groups excluding carboxylic acids is 2. The third-order valence-corrected chi connectivity index (χ3v) is 7.10. The van der Waals surface area contributed by atoms with Gasteiger partial charge in [-0.05, 0) is 68.1 Å². The first-order valence-electron chi connectivity index (χ1n) is 13.3. The smallest absolute Gasteiger partial charge is 0.295 e. The highest BCUT2D eigenvalue weighted by molar-refractivity contribution is 6.46. The average Bonchev–Trinajstić information content (AvgIpc) is 3.18. The molecule has 36 heavy (non-hydrogen) atoms. The number of aliphatic hydroxyl groups excluding tert-OH is 1. The molecule has 1 atom stereocenters. The number of benzene rings is 2. The first kappa shape index (κ1) is 25.8. The van der Waals surface area contributed by atoms with E-state index in [0.29, 0.717) is 24.5 Å². The first-order valence-corrected chi connectivity index (χ1v) is 13.3. The zero-order valence-corrected chi connectivity index (χ0v) is 21.4. The number of unbranched alkanes of at least 4 members (excludes halogenated alkanes) is 2. The van der Waals surface area contributed by atoms with Crippen molar-refractivity contribution in [2.24, 2.45) is 0 Å². The fourth-order valence-electron chi connectivity index (χ4n) is 5.23. The summed E-state index contributed by atoms with van der Waals surface area (Å²) in [5.74, 6) is 0.136.